The summed E-state index contributed by atoms with van der Waals surface area (Å²) >= 11 is 5.63. The maximum Gasteiger partial charge on any atom is 0.136 e. The smallest absolute Gasteiger partial charge is 0.136 e. The van der Waals surface area contributed by atoms with Gasteiger partial charge >= 0.3 is 0 Å². The third kappa shape index (κ3) is 3.80. The van der Waals surface area contributed by atoms with E-state index in [4.69, 9.17) is 27.4 Å². The van der Waals surface area contributed by atoms with Crippen molar-refractivity contribution in [1.29, 1.82) is 0 Å². The number of fused-ring (bicyclic) bond motifs is 1. The van der Waals surface area contributed by atoms with Crippen molar-refractivity contribution in [2.24, 2.45) is 5.73 Å². The number of ether oxygens (including phenoxy) is 2. The summed E-state index contributed by atoms with van der Waals surface area (Å²) in [6.45, 7) is 6.59. The molecule has 2 N–H and O–H groups in total. The highest BCUT2D eigenvalue weighted by atomic mass is 32.1. The molecule has 5 heteroatoms. The zero-order chi connectivity index (χ0) is 17.0. The fraction of sp³-hybridized carbons (Fsp3) is 0.500. The Morgan fingerprint density at radius 3 is 2.78 bits per heavy atom. The molecule has 23 heavy (non-hydrogen) atoms. The summed E-state index contributed by atoms with van der Waals surface area (Å²) in [5.41, 5.74) is 7.35. The van der Waals surface area contributed by atoms with Gasteiger partial charge in [-0.25, -0.2) is 0 Å². The topological polar surface area (TPSA) is 49.4 Å². The van der Waals surface area contributed by atoms with E-state index >= 15 is 0 Å². The van der Waals surface area contributed by atoms with Crippen molar-refractivity contribution >= 4 is 23.0 Å². The average Bonchev–Trinajstić information content (AvgIpc) is 2.90. The van der Waals surface area contributed by atoms with Crippen LogP contribution < -0.4 is 5.73 Å². The molecule has 2 heterocycles. The Hall–Kier alpha value is -1.27. The summed E-state index contributed by atoms with van der Waals surface area (Å²) < 4.78 is 14.0. The lowest BCUT2D eigenvalue weighted by atomic mass is 10.1. The van der Waals surface area contributed by atoms with Crippen molar-refractivity contribution < 1.29 is 9.47 Å². The summed E-state index contributed by atoms with van der Waals surface area (Å²) in [6, 6.07) is 8.36. The van der Waals surface area contributed by atoms with Gasteiger partial charge in [0.2, 0.25) is 0 Å². The molecule has 3 rings (SSSR count). The van der Waals surface area contributed by atoms with E-state index in [1.165, 1.54) is 5.56 Å². The molecule has 1 unspecified atom stereocenters. The van der Waals surface area contributed by atoms with Crippen LogP contribution in [0.25, 0.3) is 10.8 Å². The number of benzene rings is 1. The lowest BCUT2D eigenvalue weighted by Gasteiger charge is -2.17. The van der Waals surface area contributed by atoms with Gasteiger partial charge in [0.25, 0.3) is 0 Å². The molecular weight excluding hydrogens is 308 g/mol. The van der Waals surface area contributed by atoms with Crippen molar-refractivity contribution in [1.82, 2.24) is 4.57 Å². The molecule has 0 amide bonds. The van der Waals surface area contributed by atoms with Gasteiger partial charge in [-0.2, -0.15) is 0 Å². The number of aryl methyl sites for hydroxylation is 1. The second kappa shape index (κ2) is 8.02. The molecule has 1 saturated heterocycles. The normalized spacial score (nSPS) is 23.6. The third-order valence-corrected chi connectivity index (χ3v) is 4.44. The minimum atomic E-state index is -0.113. The minimum absolute atomic E-state index is 0.0226. The molecule has 4 nitrogen and oxygen atoms in total. The van der Waals surface area contributed by atoms with Gasteiger partial charge in [-0.15, -0.1) is 0 Å². The highest BCUT2D eigenvalue weighted by molar-refractivity contribution is 7.71. The Morgan fingerprint density at radius 1 is 1.35 bits per heavy atom. The molecule has 0 radical (unpaired) electrons. The van der Waals surface area contributed by atoms with Crippen molar-refractivity contribution in [2.75, 3.05) is 13.7 Å². The Kier molecular flexibility index (Phi) is 6.30. The molecule has 126 valence electrons. The Bertz CT molecular complexity index is 714. The van der Waals surface area contributed by atoms with Crippen LogP contribution in [0.1, 0.15) is 32.1 Å². The first-order valence-electron chi connectivity index (χ1n) is 8.11. The van der Waals surface area contributed by atoms with Crippen LogP contribution in [0, 0.1) is 11.6 Å². The molecule has 1 aromatic heterocycles. The van der Waals surface area contributed by atoms with Crippen LogP contribution in [-0.4, -0.2) is 30.4 Å². The number of aromatic nitrogens is 1. The molecule has 1 aromatic carbocycles. The number of nitrogens with two attached hydrogens (primary N) is 1. The van der Waals surface area contributed by atoms with E-state index in [-0.39, 0.29) is 18.4 Å². The molecule has 1 aliphatic rings. The molecule has 2 aromatic rings. The largest absolute Gasteiger partial charge is 0.382 e. The van der Waals surface area contributed by atoms with Gasteiger partial charge in [-0.05, 0) is 18.4 Å². The fourth-order valence-corrected chi connectivity index (χ4v) is 3.22. The van der Waals surface area contributed by atoms with Gasteiger partial charge in [-0.1, -0.05) is 49.8 Å². The van der Waals surface area contributed by atoms with Gasteiger partial charge < -0.3 is 19.8 Å². The van der Waals surface area contributed by atoms with E-state index in [0.717, 1.165) is 21.8 Å². The highest BCUT2D eigenvalue weighted by Gasteiger charge is 2.33. The third-order valence-electron chi connectivity index (χ3n) is 4.01. The van der Waals surface area contributed by atoms with Gasteiger partial charge in [0.15, 0.2) is 0 Å². The van der Waals surface area contributed by atoms with Gasteiger partial charge in [-0.3, -0.25) is 0 Å². The quantitative estimate of drug-likeness (QED) is 0.863. The van der Waals surface area contributed by atoms with E-state index in [9.17, 15) is 0 Å². The lowest BCUT2D eigenvalue weighted by molar-refractivity contribution is -0.0347. The molecule has 0 spiro atoms. The van der Waals surface area contributed by atoms with E-state index in [2.05, 4.69) is 31.2 Å². The Labute approximate surface area is 143 Å². The monoisotopic (exact) mass is 334 g/mol. The average molecular weight is 334 g/mol. The SMILES string of the molecule is CC.COCC1O[C@@H](n2ccc3cc(C)ccc3c2=S)C[C@H]1N. The second-order valence-electron chi connectivity index (χ2n) is 5.60. The van der Waals surface area contributed by atoms with Crippen LogP contribution in [0.4, 0.5) is 0 Å². The van der Waals surface area contributed by atoms with Crippen LogP contribution in [0.5, 0.6) is 0 Å². The van der Waals surface area contributed by atoms with Crippen LogP contribution in [0.2, 0.25) is 0 Å². The van der Waals surface area contributed by atoms with Crippen molar-refractivity contribution in [2.45, 2.75) is 45.6 Å². The van der Waals surface area contributed by atoms with Crippen molar-refractivity contribution in [3.63, 3.8) is 0 Å². The number of rotatable bonds is 3. The predicted octanol–water partition coefficient (Wildman–Crippen LogP) is 3.97. The molecule has 1 aliphatic heterocycles. The maximum atomic E-state index is 6.12. The van der Waals surface area contributed by atoms with Crippen LogP contribution in [0.3, 0.4) is 0 Å². The lowest BCUT2D eigenvalue weighted by Crippen LogP contribution is -2.33. The van der Waals surface area contributed by atoms with Crippen molar-refractivity contribution in [3.8, 4) is 0 Å². The molecule has 3 atom stereocenters. The summed E-state index contributed by atoms with van der Waals surface area (Å²) in [5, 5.41) is 2.23. The first-order chi connectivity index (χ1) is 11.1. The van der Waals surface area contributed by atoms with Gasteiger partial charge in [0.1, 0.15) is 10.9 Å². The summed E-state index contributed by atoms with van der Waals surface area (Å²) in [6.07, 6.45) is 2.56. The zero-order valence-electron chi connectivity index (χ0n) is 14.3. The van der Waals surface area contributed by atoms with Gasteiger partial charge in [0, 0.05) is 31.2 Å². The van der Waals surface area contributed by atoms with Crippen LogP contribution in [0.15, 0.2) is 30.5 Å². The first kappa shape index (κ1) is 18.1. The number of hydrogen-bond donors (Lipinski definition) is 1. The van der Waals surface area contributed by atoms with E-state index in [1.54, 1.807) is 7.11 Å². The van der Waals surface area contributed by atoms with E-state index in [1.807, 2.05) is 24.6 Å². The predicted molar refractivity (Wildman–Crippen MR) is 97.2 cm³/mol. The summed E-state index contributed by atoms with van der Waals surface area (Å²) in [5.74, 6) is 0. The molecule has 1 fully saturated rings. The van der Waals surface area contributed by atoms with E-state index in [0.29, 0.717) is 6.61 Å². The number of hydrogen-bond acceptors (Lipinski definition) is 4. The number of nitrogens with zero attached hydrogens (tertiary/aromatic N) is 1. The fourth-order valence-electron chi connectivity index (χ4n) is 2.86. The summed E-state index contributed by atoms with van der Waals surface area (Å²) in [4.78, 5) is 0. The first-order valence-corrected chi connectivity index (χ1v) is 8.52. The Morgan fingerprint density at radius 2 is 2.09 bits per heavy atom. The highest BCUT2D eigenvalue weighted by Crippen LogP contribution is 2.30. The van der Waals surface area contributed by atoms with Crippen LogP contribution in [-0.2, 0) is 9.47 Å². The zero-order valence-corrected chi connectivity index (χ0v) is 15.1. The van der Waals surface area contributed by atoms with Crippen LogP contribution >= 0.6 is 12.2 Å². The Balaban J connectivity index is 0.000000924. The molecular formula is C18H26N2O2S. The maximum absolute atomic E-state index is 6.12. The molecule has 0 bridgehead atoms. The minimum Gasteiger partial charge on any atom is -0.382 e. The number of pyridine rings is 1. The summed E-state index contributed by atoms with van der Waals surface area (Å²) in [7, 11) is 1.66. The van der Waals surface area contributed by atoms with E-state index < -0.39 is 0 Å². The standard InChI is InChI=1S/C16H20N2O2S.C2H6/c1-10-3-4-12-11(7-10)5-6-18(16(12)21)15-8-13(17)14(20-15)9-19-2;1-2/h3-7,13-15H,8-9,17H2,1-2H3;1-2H3/t13-,14?,15-;/m1./s1. The number of methoxy groups -OCH3 is 1. The second-order valence-corrected chi connectivity index (χ2v) is 5.99. The molecule has 0 saturated carbocycles. The van der Waals surface area contributed by atoms with Crippen molar-refractivity contribution in [3.05, 3.63) is 40.7 Å². The van der Waals surface area contributed by atoms with Gasteiger partial charge in [0.05, 0.1) is 12.7 Å². The molecule has 0 aliphatic carbocycles.